The van der Waals surface area contributed by atoms with Crippen LogP contribution in [-0.2, 0) is 19.4 Å². The molecule has 0 fully saturated rings. The van der Waals surface area contributed by atoms with E-state index in [0.29, 0.717) is 6.42 Å². The average molecular weight is 425 g/mol. The highest BCUT2D eigenvalue weighted by molar-refractivity contribution is 7.22. The lowest BCUT2D eigenvalue weighted by Crippen LogP contribution is -2.29. The molecule has 4 heterocycles. The SMILES string of the molecule is CCN1CCc2c(sc(CC(=O)c3cccs3)c2-c2nc3ccccc3s2)C1. The Morgan fingerprint density at radius 2 is 2.07 bits per heavy atom. The minimum atomic E-state index is 0.211. The van der Waals surface area contributed by atoms with Crippen molar-refractivity contribution in [1.82, 2.24) is 9.88 Å². The molecule has 6 heteroatoms. The predicted molar refractivity (Wildman–Crippen MR) is 120 cm³/mol. The van der Waals surface area contributed by atoms with Crippen molar-refractivity contribution in [2.24, 2.45) is 0 Å². The molecule has 3 nitrogen and oxygen atoms in total. The molecule has 5 rings (SSSR count). The van der Waals surface area contributed by atoms with E-state index in [1.165, 1.54) is 36.9 Å². The topological polar surface area (TPSA) is 33.2 Å². The Bertz CT molecular complexity index is 1110. The van der Waals surface area contributed by atoms with Gasteiger partial charge in [-0.3, -0.25) is 9.69 Å². The van der Waals surface area contributed by atoms with Gasteiger partial charge in [-0.1, -0.05) is 25.1 Å². The number of Topliss-reactive ketones (excluding diaryl/α,β-unsaturated/α-hetero) is 1. The second kappa shape index (κ2) is 7.52. The fraction of sp³-hybridized carbons (Fsp3) is 0.273. The lowest BCUT2D eigenvalue weighted by molar-refractivity contribution is 0.0998. The highest BCUT2D eigenvalue weighted by atomic mass is 32.1. The number of carbonyl (C=O) groups is 1. The predicted octanol–water partition coefficient (Wildman–Crippen LogP) is 5.89. The quantitative estimate of drug-likeness (QED) is 0.375. The number of hydrogen-bond donors (Lipinski definition) is 0. The fourth-order valence-corrected chi connectivity index (χ4v) is 7.00. The number of fused-ring (bicyclic) bond motifs is 2. The third-order valence-electron chi connectivity index (χ3n) is 5.28. The van der Waals surface area contributed by atoms with Gasteiger partial charge < -0.3 is 0 Å². The number of nitrogens with zero attached hydrogens (tertiary/aromatic N) is 2. The summed E-state index contributed by atoms with van der Waals surface area (Å²) in [6, 6.07) is 12.2. The average Bonchev–Trinajstić information content (AvgIpc) is 3.44. The Labute approximate surface area is 176 Å². The smallest absolute Gasteiger partial charge is 0.177 e. The molecule has 0 saturated carbocycles. The maximum absolute atomic E-state index is 12.9. The number of benzene rings is 1. The molecule has 0 N–H and O–H groups in total. The van der Waals surface area contributed by atoms with Gasteiger partial charge in [-0.15, -0.1) is 34.0 Å². The van der Waals surface area contributed by atoms with Crippen LogP contribution in [0.1, 0.15) is 31.9 Å². The normalized spacial score (nSPS) is 14.5. The summed E-state index contributed by atoms with van der Waals surface area (Å²) >= 11 is 5.10. The summed E-state index contributed by atoms with van der Waals surface area (Å²) in [7, 11) is 0. The first kappa shape index (κ1) is 18.2. The van der Waals surface area contributed by atoms with E-state index in [4.69, 9.17) is 4.98 Å². The van der Waals surface area contributed by atoms with Crippen LogP contribution < -0.4 is 0 Å². The van der Waals surface area contributed by atoms with E-state index in [9.17, 15) is 4.79 Å². The summed E-state index contributed by atoms with van der Waals surface area (Å²) in [4.78, 5) is 23.7. The van der Waals surface area contributed by atoms with Gasteiger partial charge in [0.25, 0.3) is 0 Å². The first-order valence-electron chi connectivity index (χ1n) is 9.51. The van der Waals surface area contributed by atoms with Crippen LogP contribution in [0.25, 0.3) is 20.8 Å². The molecular formula is C22H20N2OS3. The molecule has 1 aliphatic rings. The van der Waals surface area contributed by atoms with E-state index in [1.54, 1.807) is 11.3 Å². The molecule has 0 spiro atoms. The van der Waals surface area contributed by atoms with Gasteiger partial charge in [0, 0.05) is 34.8 Å². The fourth-order valence-electron chi connectivity index (χ4n) is 3.81. The first-order chi connectivity index (χ1) is 13.7. The standard InChI is InChI=1S/C22H20N2OS3/c1-2-24-10-9-14-20(13-24)27-19(12-16(25)18-8-5-11-26-18)21(14)22-23-15-6-3-4-7-17(15)28-22/h3-8,11H,2,9-10,12-13H2,1H3. The lowest BCUT2D eigenvalue weighted by Gasteiger charge is -2.25. The number of likely N-dealkylation sites (N-methyl/N-ethyl adjacent to an activating group) is 1. The summed E-state index contributed by atoms with van der Waals surface area (Å²) < 4.78 is 1.21. The van der Waals surface area contributed by atoms with Crippen LogP contribution in [-0.4, -0.2) is 28.8 Å². The number of ketones is 1. The molecule has 4 aromatic rings. The van der Waals surface area contributed by atoms with Crippen LogP contribution >= 0.6 is 34.0 Å². The number of thiophene rings is 2. The van der Waals surface area contributed by atoms with Crippen LogP contribution in [0, 0.1) is 0 Å². The lowest BCUT2D eigenvalue weighted by atomic mass is 10.00. The summed E-state index contributed by atoms with van der Waals surface area (Å²) in [5.41, 5.74) is 3.70. The van der Waals surface area contributed by atoms with Crippen molar-refractivity contribution < 1.29 is 4.79 Å². The summed E-state index contributed by atoms with van der Waals surface area (Å²) in [5.74, 6) is 0.211. The van der Waals surface area contributed by atoms with Gasteiger partial charge in [0.2, 0.25) is 0 Å². The summed E-state index contributed by atoms with van der Waals surface area (Å²) in [6.07, 6.45) is 1.51. The van der Waals surface area contributed by atoms with Crippen LogP contribution in [0.3, 0.4) is 0 Å². The van der Waals surface area contributed by atoms with E-state index in [0.717, 1.165) is 41.5 Å². The maximum Gasteiger partial charge on any atom is 0.177 e. The molecule has 28 heavy (non-hydrogen) atoms. The van der Waals surface area contributed by atoms with Crippen LogP contribution in [0.2, 0.25) is 0 Å². The molecule has 1 aliphatic heterocycles. The van der Waals surface area contributed by atoms with Crippen molar-refractivity contribution >= 4 is 50.0 Å². The van der Waals surface area contributed by atoms with Gasteiger partial charge in [0.05, 0.1) is 15.1 Å². The Morgan fingerprint density at radius 3 is 2.86 bits per heavy atom. The second-order valence-corrected chi connectivity index (χ2v) is 10.2. The Kier molecular flexibility index (Phi) is 4.88. The second-order valence-electron chi connectivity index (χ2n) is 6.98. The number of hydrogen-bond acceptors (Lipinski definition) is 6. The number of para-hydroxylation sites is 1. The minimum absolute atomic E-state index is 0.211. The largest absolute Gasteiger partial charge is 0.298 e. The zero-order valence-corrected chi connectivity index (χ0v) is 18.1. The Hall–Kier alpha value is -1.86. The van der Waals surface area contributed by atoms with Gasteiger partial charge in [0.15, 0.2) is 5.78 Å². The number of rotatable bonds is 5. The molecule has 0 atom stereocenters. The zero-order chi connectivity index (χ0) is 19.1. The van der Waals surface area contributed by atoms with Gasteiger partial charge in [-0.2, -0.15) is 0 Å². The summed E-state index contributed by atoms with van der Waals surface area (Å²) in [5, 5.41) is 3.04. The number of thiazole rings is 1. The van der Waals surface area contributed by atoms with E-state index >= 15 is 0 Å². The van der Waals surface area contributed by atoms with E-state index < -0.39 is 0 Å². The van der Waals surface area contributed by atoms with Crippen molar-refractivity contribution in [3.63, 3.8) is 0 Å². The van der Waals surface area contributed by atoms with Crippen LogP contribution in [0.4, 0.5) is 0 Å². The molecule has 0 saturated heterocycles. The van der Waals surface area contributed by atoms with Crippen molar-refractivity contribution in [1.29, 1.82) is 0 Å². The molecule has 0 bridgehead atoms. The van der Waals surface area contributed by atoms with E-state index in [2.05, 4.69) is 30.0 Å². The highest BCUT2D eigenvalue weighted by Gasteiger charge is 2.27. The van der Waals surface area contributed by atoms with Gasteiger partial charge in [0.1, 0.15) is 5.01 Å². The minimum Gasteiger partial charge on any atom is -0.298 e. The molecule has 3 aromatic heterocycles. The molecule has 1 aromatic carbocycles. The molecule has 0 unspecified atom stereocenters. The molecule has 0 amide bonds. The molecule has 142 valence electrons. The Morgan fingerprint density at radius 1 is 1.18 bits per heavy atom. The molecule has 0 radical (unpaired) electrons. The van der Waals surface area contributed by atoms with Crippen molar-refractivity contribution in [2.45, 2.75) is 26.3 Å². The van der Waals surface area contributed by atoms with Crippen molar-refractivity contribution in [3.8, 4) is 10.6 Å². The van der Waals surface area contributed by atoms with Crippen LogP contribution in [0.15, 0.2) is 41.8 Å². The van der Waals surface area contributed by atoms with Crippen LogP contribution in [0.5, 0.6) is 0 Å². The number of carbonyl (C=O) groups excluding carboxylic acids is 1. The highest BCUT2D eigenvalue weighted by Crippen LogP contribution is 2.43. The zero-order valence-electron chi connectivity index (χ0n) is 15.6. The Balaban J connectivity index is 1.61. The number of aromatic nitrogens is 1. The van der Waals surface area contributed by atoms with E-state index in [-0.39, 0.29) is 5.78 Å². The third kappa shape index (κ3) is 3.24. The van der Waals surface area contributed by atoms with Gasteiger partial charge in [-0.25, -0.2) is 4.98 Å². The third-order valence-corrected chi connectivity index (χ3v) is 8.46. The van der Waals surface area contributed by atoms with E-state index in [1.807, 2.05) is 34.9 Å². The summed E-state index contributed by atoms with van der Waals surface area (Å²) in [6.45, 7) is 5.35. The molecular weight excluding hydrogens is 404 g/mol. The maximum atomic E-state index is 12.9. The monoisotopic (exact) mass is 424 g/mol. The van der Waals surface area contributed by atoms with Crippen molar-refractivity contribution in [2.75, 3.05) is 13.1 Å². The van der Waals surface area contributed by atoms with Crippen molar-refractivity contribution in [3.05, 3.63) is 62.0 Å². The first-order valence-corrected chi connectivity index (χ1v) is 12.0. The van der Waals surface area contributed by atoms with Gasteiger partial charge in [-0.05, 0) is 42.1 Å². The van der Waals surface area contributed by atoms with Gasteiger partial charge >= 0.3 is 0 Å². The molecule has 0 aliphatic carbocycles.